The Morgan fingerprint density at radius 2 is 1.88 bits per heavy atom. The molecule has 1 saturated heterocycles. The van der Waals surface area contributed by atoms with Crippen molar-refractivity contribution in [3.63, 3.8) is 0 Å². The summed E-state index contributed by atoms with van der Waals surface area (Å²) in [5.41, 5.74) is 5.36. The number of carbonyl (C=O) groups excluding carboxylic acids is 1. The van der Waals surface area contributed by atoms with Crippen molar-refractivity contribution in [2.75, 3.05) is 6.54 Å². The molecule has 92 valence electrons. The van der Waals surface area contributed by atoms with Crippen LogP contribution < -0.4 is 11.1 Å². The van der Waals surface area contributed by atoms with Gasteiger partial charge in [-0.05, 0) is 37.6 Å². The Kier molecular flexibility index (Phi) is 4.22. The lowest BCUT2D eigenvalue weighted by Crippen LogP contribution is -2.47. The van der Waals surface area contributed by atoms with Crippen molar-refractivity contribution < 1.29 is 4.79 Å². The van der Waals surface area contributed by atoms with Gasteiger partial charge in [0, 0.05) is 0 Å². The molecular weight excluding hydrogens is 200 g/mol. The van der Waals surface area contributed by atoms with E-state index in [0.717, 1.165) is 24.8 Å². The van der Waals surface area contributed by atoms with Crippen LogP contribution in [-0.2, 0) is 4.79 Å². The van der Waals surface area contributed by atoms with E-state index in [1.807, 2.05) is 0 Å². The van der Waals surface area contributed by atoms with Gasteiger partial charge in [-0.25, -0.2) is 0 Å². The summed E-state index contributed by atoms with van der Waals surface area (Å²) in [5, 5.41) is 3.21. The Balaban J connectivity index is 1.78. The summed E-state index contributed by atoms with van der Waals surface area (Å²) in [7, 11) is 0. The normalized spacial score (nSPS) is 32.5. The molecule has 0 bridgehead atoms. The van der Waals surface area contributed by atoms with Gasteiger partial charge < -0.3 is 11.1 Å². The second-order valence-corrected chi connectivity index (χ2v) is 5.54. The number of amides is 1. The lowest BCUT2D eigenvalue weighted by molar-refractivity contribution is -0.121. The fraction of sp³-hybridized carbons (Fsp3) is 0.923. The number of hydrogen-bond donors (Lipinski definition) is 2. The van der Waals surface area contributed by atoms with E-state index in [-0.39, 0.29) is 11.9 Å². The minimum atomic E-state index is -0.173. The first-order valence-electron chi connectivity index (χ1n) is 6.78. The Morgan fingerprint density at radius 1 is 1.12 bits per heavy atom. The summed E-state index contributed by atoms with van der Waals surface area (Å²) in [4.78, 5) is 11.2. The number of nitrogens with two attached hydrogens (primary N) is 1. The molecule has 0 radical (unpaired) electrons. The molecule has 0 aromatic rings. The third-order valence-corrected chi connectivity index (χ3v) is 4.25. The molecule has 2 rings (SSSR count). The van der Waals surface area contributed by atoms with Crippen LogP contribution in [0.1, 0.15) is 51.4 Å². The molecule has 0 spiro atoms. The molecule has 3 N–H and O–H groups in total. The number of rotatable bonds is 3. The van der Waals surface area contributed by atoms with E-state index in [0.29, 0.717) is 0 Å². The van der Waals surface area contributed by atoms with Gasteiger partial charge in [-0.2, -0.15) is 0 Å². The van der Waals surface area contributed by atoms with E-state index < -0.39 is 0 Å². The highest BCUT2D eigenvalue weighted by molar-refractivity contribution is 5.79. The topological polar surface area (TPSA) is 55.1 Å². The molecule has 2 aliphatic rings. The monoisotopic (exact) mass is 224 g/mol. The molecule has 2 atom stereocenters. The van der Waals surface area contributed by atoms with Gasteiger partial charge in [0.05, 0.1) is 6.04 Å². The number of primary amides is 1. The molecule has 1 saturated carbocycles. The van der Waals surface area contributed by atoms with Crippen molar-refractivity contribution >= 4 is 5.91 Å². The molecule has 2 unspecified atom stereocenters. The van der Waals surface area contributed by atoms with E-state index in [1.54, 1.807) is 0 Å². The van der Waals surface area contributed by atoms with Crippen LogP contribution in [-0.4, -0.2) is 18.5 Å². The molecule has 3 nitrogen and oxygen atoms in total. The summed E-state index contributed by atoms with van der Waals surface area (Å²) in [6, 6.07) is -0.0673. The molecule has 1 heterocycles. The Hall–Kier alpha value is -0.570. The van der Waals surface area contributed by atoms with Crippen LogP contribution in [0.5, 0.6) is 0 Å². The van der Waals surface area contributed by atoms with Crippen molar-refractivity contribution in [1.82, 2.24) is 5.32 Å². The largest absolute Gasteiger partial charge is 0.368 e. The summed E-state index contributed by atoms with van der Waals surface area (Å²) >= 11 is 0. The maximum Gasteiger partial charge on any atom is 0.234 e. The molecular formula is C13H24N2O. The summed E-state index contributed by atoms with van der Waals surface area (Å²) in [6.45, 7) is 0.963. The molecule has 0 aromatic heterocycles. The number of nitrogens with one attached hydrogen (secondary N) is 1. The zero-order chi connectivity index (χ0) is 11.4. The first-order valence-corrected chi connectivity index (χ1v) is 6.78. The van der Waals surface area contributed by atoms with Crippen molar-refractivity contribution in [2.24, 2.45) is 17.6 Å². The standard InChI is InChI=1S/C13H24N2O/c14-13(16)12-9-11(6-7-15-12)8-10-4-2-1-3-5-10/h10-12,15H,1-9H2,(H2,14,16). The second-order valence-electron chi connectivity index (χ2n) is 5.54. The Bertz CT molecular complexity index is 236. The third kappa shape index (κ3) is 3.21. The number of hydrogen-bond acceptors (Lipinski definition) is 2. The second kappa shape index (κ2) is 5.67. The quantitative estimate of drug-likeness (QED) is 0.768. The highest BCUT2D eigenvalue weighted by atomic mass is 16.1. The molecule has 1 aliphatic carbocycles. The van der Waals surface area contributed by atoms with Crippen molar-refractivity contribution in [1.29, 1.82) is 0 Å². The van der Waals surface area contributed by atoms with Crippen LogP contribution in [0.4, 0.5) is 0 Å². The van der Waals surface area contributed by atoms with Gasteiger partial charge in [0.2, 0.25) is 5.91 Å². The van der Waals surface area contributed by atoms with E-state index in [4.69, 9.17) is 5.73 Å². The smallest absolute Gasteiger partial charge is 0.234 e. The highest BCUT2D eigenvalue weighted by Crippen LogP contribution is 2.32. The first-order chi connectivity index (χ1) is 7.75. The third-order valence-electron chi connectivity index (χ3n) is 4.25. The summed E-state index contributed by atoms with van der Waals surface area (Å²) in [5.74, 6) is 1.47. The van der Waals surface area contributed by atoms with Gasteiger partial charge >= 0.3 is 0 Å². The average Bonchev–Trinajstić information content (AvgIpc) is 2.30. The van der Waals surface area contributed by atoms with E-state index in [9.17, 15) is 4.79 Å². The van der Waals surface area contributed by atoms with Gasteiger partial charge in [-0.1, -0.05) is 32.1 Å². The van der Waals surface area contributed by atoms with Gasteiger partial charge in [0.1, 0.15) is 0 Å². The van der Waals surface area contributed by atoms with Crippen LogP contribution in [0.2, 0.25) is 0 Å². The average molecular weight is 224 g/mol. The minimum Gasteiger partial charge on any atom is -0.368 e. The van der Waals surface area contributed by atoms with Crippen LogP contribution in [0, 0.1) is 11.8 Å². The van der Waals surface area contributed by atoms with Crippen molar-refractivity contribution in [2.45, 2.75) is 57.4 Å². The predicted molar refractivity (Wildman–Crippen MR) is 64.9 cm³/mol. The van der Waals surface area contributed by atoms with Gasteiger partial charge in [-0.3, -0.25) is 4.79 Å². The fourth-order valence-electron chi connectivity index (χ4n) is 3.32. The minimum absolute atomic E-state index is 0.0673. The molecule has 3 heteroatoms. The van der Waals surface area contributed by atoms with Gasteiger partial charge in [0.15, 0.2) is 0 Å². The van der Waals surface area contributed by atoms with Gasteiger partial charge in [-0.15, -0.1) is 0 Å². The molecule has 2 fully saturated rings. The number of carbonyl (C=O) groups is 1. The first kappa shape index (κ1) is 11.9. The van der Waals surface area contributed by atoms with Crippen LogP contribution in [0.3, 0.4) is 0 Å². The van der Waals surface area contributed by atoms with Crippen LogP contribution in [0.15, 0.2) is 0 Å². The summed E-state index contributed by atoms with van der Waals surface area (Å²) in [6.07, 6.45) is 10.6. The molecule has 1 aliphatic heterocycles. The number of piperidine rings is 1. The lowest BCUT2D eigenvalue weighted by atomic mass is 9.78. The van der Waals surface area contributed by atoms with E-state index in [2.05, 4.69) is 5.32 Å². The van der Waals surface area contributed by atoms with Crippen molar-refractivity contribution in [3.8, 4) is 0 Å². The van der Waals surface area contributed by atoms with Crippen LogP contribution in [0.25, 0.3) is 0 Å². The zero-order valence-corrected chi connectivity index (χ0v) is 10.1. The fourth-order valence-corrected chi connectivity index (χ4v) is 3.32. The SMILES string of the molecule is NC(=O)C1CC(CC2CCCCC2)CCN1. The molecule has 0 aromatic carbocycles. The van der Waals surface area contributed by atoms with Crippen molar-refractivity contribution in [3.05, 3.63) is 0 Å². The van der Waals surface area contributed by atoms with E-state index >= 15 is 0 Å². The Labute approximate surface area is 98.2 Å². The summed E-state index contributed by atoms with van der Waals surface area (Å²) < 4.78 is 0. The van der Waals surface area contributed by atoms with Crippen LogP contribution >= 0.6 is 0 Å². The Morgan fingerprint density at radius 3 is 2.56 bits per heavy atom. The maximum atomic E-state index is 11.2. The zero-order valence-electron chi connectivity index (χ0n) is 10.1. The van der Waals surface area contributed by atoms with E-state index in [1.165, 1.54) is 44.9 Å². The predicted octanol–water partition coefficient (Wildman–Crippen LogP) is 1.81. The molecule has 1 amide bonds. The molecule has 16 heavy (non-hydrogen) atoms. The lowest BCUT2D eigenvalue weighted by Gasteiger charge is -2.32. The van der Waals surface area contributed by atoms with Gasteiger partial charge in [0.25, 0.3) is 0 Å². The highest BCUT2D eigenvalue weighted by Gasteiger charge is 2.27. The maximum absolute atomic E-state index is 11.2.